The van der Waals surface area contributed by atoms with Crippen LogP contribution in [-0.4, -0.2) is 32.1 Å². The molecule has 0 unspecified atom stereocenters. The summed E-state index contributed by atoms with van der Waals surface area (Å²) in [5.74, 6) is -0.692. The van der Waals surface area contributed by atoms with E-state index in [-0.39, 0.29) is 11.7 Å². The van der Waals surface area contributed by atoms with E-state index in [4.69, 9.17) is 12.2 Å². The minimum atomic E-state index is -0.763. The van der Waals surface area contributed by atoms with Crippen LogP contribution in [-0.2, 0) is 4.79 Å². The molecule has 0 radical (unpaired) electrons. The van der Waals surface area contributed by atoms with Crippen LogP contribution in [0.25, 0.3) is 0 Å². The maximum atomic E-state index is 11.4. The Hall–Kier alpha value is -2.00. The zero-order valence-corrected chi connectivity index (χ0v) is 10.9. The molecule has 19 heavy (non-hydrogen) atoms. The van der Waals surface area contributed by atoms with Crippen molar-refractivity contribution in [2.75, 3.05) is 5.75 Å². The highest BCUT2D eigenvalue weighted by Crippen LogP contribution is 2.23. The second kappa shape index (κ2) is 5.33. The topological polar surface area (TPSA) is 98.9 Å². The molecule has 0 spiro atoms. The first-order chi connectivity index (χ1) is 8.99. The van der Waals surface area contributed by atoms with E-state index in [1.807, 2.05) is 0 Å². The summed E-state index contributed by atoms with van der Waals surface area (Å²) in [7, 11) is 0. The van der Waals surface area contributed by atoms with Crippen LogP contribution in [0.2, 0.25) is 0 Å². The van der Waals surface area contributed by atoms with Crippen molar-refractivity contribution in [1.29, 1.82) is 0 Å². The molecule has 1 aromatic carbocycles. The molecule has 7 nitrogen and oxygen atoms in total. The fraction of sp³-hybridized carbons (Fsp3) is 0.100. The maximum Gasteiger partial charge on any atom is 0.262 e. The largest absolute Gasteiger partial charge is 0.868 e. The van der Waals surface area contributed by atoms with Gasteiger partial charge >= 0.3 is 0 Å². The number of carbonyl (C=O) groups excluding carboxylic acids is 1. The number of nitro groups is 1. The second-order valence-corrected chi connectivity index (χ2v) is 5.10. The van der Waals surface area contributed by atoms with Crippen LogP contribution in [0.5, 0.6) is 5.75 Å². The smallest absolute Gasteiger partial charge is 0.262 e. The molecule has 1 saturated heterocycles. The molecule has 1 fully saturated rings. The highest BCUT2D eigenvalue weighted by atomic mass is 32.2. The van der Waals surface area contributed by atoms with E-state index in [9.17, 15) is 20.0 Å². The van der Waals surface area contributed by atoms with Crippen molar-refractivity contribution in [2.45, 2.75) is 0 Å². The van der Waals surface area contributed by atoms with E-state index in [0.717, 1.165) is 17.1 Å². The Bertz CT molecular complexity index is 586. The van der Waals surface area contributed by atoms with Gasteiger partial charge in [-0.3, -0.25) is 14.9 Å². The lowest BCUT2D eigenvalue weighted by molar-refractivity contribution is -0.398. The first-order valence-corrected chi connectivity index (χ1v) is 6.37. The molecule has 98 valence electrons. The Morgan fingerprint density at radius 2 is 2.26 bits per heavy atom. The Morgan fingerprint density at radius 3 is 2.84 bits per heavy atom. The highest BCUT2D eigenvalue weighted by molar-refractivity contribution is 8.23. The van der Waals surface area contributed by atoms with E-state index >= 15 is 0 Å². The molecule has 1 heterocycles. The van der Waals surface area contributed by atoms with E-state index in [1.54, 1.807) is 0 Å². The van der Waals surface area contributed by atoms with Crippen molar-refractivity contribution in [3.8, 4) is 5.75 Å². The zero-order chi connectivity index (χ0) is 14.0. The van der Waals surface area contributed by atoms with Gasteiger partial charge in [0, 0.05) is 11.6 Å². The van der Waals surface area contributed by atoms with Crippen LogP contribution in [0.3, 0.4) is 0 Å². The molecular formula is C10H6N3O4S2-. The summed E-state index contributed by atoms with van der Waals surface area (Å²) in [5.41, 5.74) is -0.188. The molecular weight excluding hydrogens is 290 g/mol. The van der Waals surface area contributed by atoms with Crippen molar-refractivity contribution < 1.29 is 14.8 Å². The quantitative estimate of drug-likeness (QED) is 0.355. The van der Waals surface area contributed by atoms with E-state index in [0.29, 0.717) is 9.88 Å². The molecule has 0 aromatic heterocycles. The molecule has 1 aromatic rings. The molecule has 0 saturated carbocycles. The number of nitrogens with zero attached hydrogens (tertiary/aromatic N) is 3. The lowest BCUT2D eigenvalue weighted by atomic mass is 10.2. The normalized spacial score (nSPS) is 15.5. The van der Waals surface area contributed by atoms with E-state index in [2.05, 4.69) is 5.10 Å². The first-order valence-electron chi connectivity index (χ1n) is 4.98. The number of amides is 1. The number of benzene rings is 1. The third-order valence-electron chi connectivity index (χ3n) is 2.23. The fourth-order valence-corrected chi connectivity index (χ4v) is 2.31. The summed E-state index contributed by atoms with van der Waals surface area (Å²) in [6.07, 6.45) is 1.25. The Kier molecular flexibility index (Phi) is 3.76. The van der Waals surface area contributed by atoms with Crippen LogP contribution in [0.1, 0.15) is 5.56 Å². The van der Waals surface area contributed by atoms with Gasteiger partial charge < -0.3 is 5.11 Å². The summed E-state index contributed by atoms with van der Waals surface area (Å²) < 4.78 is 0.330. The number of hydrazone groups is 1. The van der Waals surface area contributed by atoms with Crippen molar-refractivity contribution in [3.63, 3.8) is 0 Å². The lowest BCUT2D eigenvalue weighted by Crippen LogP contribution is -2.22. The molecule has 2 rings (SSSR count). The Balaban J connectivity index is 2.24. The van der Waals surface area contributed by atoms with Gasteiger partial charge in [0.05, 0.1) is 16.9 Å². The number of rotatable bonds is 3. The summed E-state index contributed by atoms with van der Waals surface area (Å²) in [5, 5.41) is 26.7. The third kappa shape index (κ3) is 2.88. The van der Waals surface area contributed by atoms with Gasteiger partial charge in [-0.1, -0.05) is 36.1 Å². The summed E-state index contributed by atoms with van der Waals surface area (Å²) >= 11 is 6.11. The molecule has 0 N–H and O–H groups in total. The average Bonchev–Trinajstić information content (AvgIpc) is 2.68. The van der Waals surface area contributed by atoms with Crippen LogP contribution in [0, 0.1) is 10.1 Å². The maximum absolute atomic E-state index is 11.4. The minimum absolute atomic E-state index is 0.232. The number of hydrogen-bond donors (Lipinski definition) is 0. The van der Waals surface area contributed by atoms with E-state index < -0.39 is 16.4 Å². The van der Waals surface area contributed by atoms with Crippen molar-refractivity contribution >= 4 is 46.1 Å². The van der Waals surface area contributed by atoms with Gasteiger partial charge in [-0.2, -0.15) is 10.1 Å². The third-order valence-corrected chi connectivity index (χ3v) is 3.57. The molecule has 1 aliphatic rings. The molecule has 1 amide bonds. The number of carbonyl (C=O) groups is 1. The summed E-state index contributed by atoms with van der Waals surface area (Å²) in [4.78, 5) is 21.2. The molecule has 9 heteroatoms. The van der Waals surface area contributed by atoms with Crippen LogP contribution in [0.4, 0.5) is 5.69 Å². The second-order valence-electron chi connectivity index (χ2n) is 3.49. The van der Waals surface area contributed by atoms with Crippen LogP contribution >= 0.6 is 24.0 Å². The van der Waals surface area contributed by atoms with Gasteiger partial charge in [0.2, 0.25) is 0 Å². The number of thiocarbonyl (C=S) groups is 1. The lowest BCUT2D eigenvalue weighted by Gasteiger charge is -2.08. The van der Waals surface area contributed by atoms with Crippen LogP contribution < -0.4 is 5.11 Å². The molecule has 0 atom stereocenters. The highest BCUT2D eigenvalue weighted by Gasteiger charge is 2.25. The van der Waals surface area contributed by atoms with Gasteiger partial charge in [-0.05, 0) is 5.75 Å². The average molecular weight is 296 g/mol. The van der Waals surface area contributed by atoms with Crippen LogP contribution in [0.15, 0.2) is 23.3 Å². The minimum Gasteiger partial charge on any atom is -0.868 e. The predicted molar refractivity (Wildman–Crippen MR) is 72.0 cm³/mol. The van der Waals surface area contributed by atoms with Gasteiger partial charge in [0.15, 0.2) is 4.32 Å². The molecule has 0 aliphatic carbocycles. The summed E-state index contributed by atoms with van der Waals surface area (Å²) in [6.45, 7) is 0. The van der Waals surface area contributed by atoms with Gasteiger partial charge in [-0.25, -0.2) is 0 Å². The van der Waals surface area contributed by atoms with Crippen molar-refractivity contribution in [1.82, 2.24) is 5.01 Å². The van der Waals surface area contributed by atoms with Gasteiger partial charge in [-0.15, -0.1) is 0 Å². The van der Waals surface area contributed by atoms with Gasteiger partial charge in [0.25, 0.3) is 11.6 Å². The SMILES string of the molecule is O=C1CSC(=S)N1/N=C/c1ccc([O-])c([N+](=O)[O-])c1. The van der Waals surface area contributed by atoms with Gasteiger partial charge in [0.1, 0.15) is 0 Å². The monoisotopic (exact) mass is 296 g/mol. The van der Waals surface area contributed by atoms with Crippen molar-refractivity contribution in [3.05, 3.63) is 33.9 Å². The molecule has 1 aliphatic heterocycles. The van der Waals surface area contributed by atoms with E-state index in [1.165, 1.54) is 24.0 Å². The fourth-order valence-electron chi connectivity index (χ4n) is 1.34. The molecule has 0 bridgehead atoms. The Morgan fingerprint density at radius 1 is 1.53 bits per heavy atom. The standard InChI is InChI=1S/C10H7N3O4S2/c14-8-2-1-6(3-7(8)13(16)17)4-11-12-9(15)5-19-10(12)18/h1-4,14H,5H2/p-1/b11-4+. The predicted octanol–water partition coefficient (Wildman–Crippen LogP) is 0.863. The first kappa shape index (κ1) is 13.4. The zero-order valence-electron chi connectivity index (χ0n) is 9.31. The van der Waals surface area contributed by atoms with Crippen molar-refractivity contribution in [2.24, 2.45) is 5.10 Å². The summed E-state index contributed by atoms with van der Waals surface area (Å²) in [6, 6.07) is 3.57. The number of hydrogen-bond acceptors (Lipinski definition) is 7. The number of nitro benzene ring substituents is 1. The Labute approximate surface area is 117 Å². The number of thioether (sulfide) groups is 1.